The summed E-state index contributed by atoms with van der Waals surface area (Å²) in [5.41, 5.74) is 11.4. The van der Waals surface area contributed by atoms with Crippen LogP contribution < -0.4 is 9.80 Å². The van der Waals surface area contributed by atoms with Crippen LogP contribution in [0.2, 0.25) is 0 Å². The third kappa shape index (κ3) is 6.01. The van der Waals surface area contributed by atoms with E-state index in [-0.39, 0.29) is 0 Å². The number of thiophene rings is 1. The molecule has 0 spiro atoms. The van der Waals surface area contributed by atoms with Gasteiger partial charge in [-0.1, -0.05) is 158 Å². The van der Waals surface area contributed by atoms with E-state index in [0.717, 1.165) is 34.1 Å². The maximum atomic E-state index is 2.47. The average Bonchev–Trinajstić information content (AvgIpc) is 3.65. The van der Waals surface area contributed by atoms with Gasteiger partial charge in [-0.15, -0.1) is 11.3 Å². The standard InChI is InChI=1S/C52H36N2S/c1-5-18-37(19-6-1)40-23-17-28-43(34-40)53(41-24-9-3-10-25-41)44-35-47-51-46-30-14-13-22-39(46)32-33-50(51)55-52(47)49(36-44)54(42-26-11-4-12-27-42)48-31-16-15-29-45(48)38-20-7-2-8-21-38/h1-36H. The summed E-state index contributed by atoms with van der Waals surface area (Å²) >= 11 is 1.87. The first-order valence-corrected chi connectivity index (χ1v) is 19.5. The Balaban J connectivity index is 1.31. The molecule has 0 N–H and O–H groups in total. The zero-order valence-electron chi connectivity index (χ0n) is 30.1. The van der Waals surface area contributed by atoms with Crippen LogP contribution in [0.4, 0.5) is 34.1 Å². The van der Waals surface area contributed by atoms with Crippen molar-refractivity contribution in [1.29, 1.82) is 0 Å². The van der Waals surface area contributed by atoms with Gasteiger partial charge in [0.05, 0.1) is 16.1 Å². The summed E-state index contributed by atoms with van der Waals surface area (Å²) in [6, 6.07) is 78.8. The first kappa shape index (κ1) is 32.7. The van der Waals surface area contributed by atoms with Crippen molar-refractivity contribution < 1.29 is 0 Å². The topological polar surface area (TPSA) is 6.48 Å². The van der Waals surface area contributed by atoms with Crippen LogP contribution in [0.25, 0.3) is 53.2 Å². The third-order valence-corrected chi connectivity index (χ3v) is 11.6. The molecule has 10 aromatic rings. The van der Waals surface area contributed by atoms with E-state index in [1.807, 2.05) is 11.3 Å². The van der Waals surface area contributed by atoms with Crippen LogP contribution in [0.1, 0.15) is 0 Å². The maximum Gasteiger partial charge on any atom is 0.0661 e. The van der Waals surface area contributed by atoms with Crippen LogP contribution in [0, 0.1) is 0 Å². The minimum absolute atomic E-state index is 1.09. The van der Waals surface area contributed by atoms with Crippen molar-refractivity contribution in [3.63, 3.8) is 0 Å². The zero-order chi connectivity index (χ0) is 36.6. The van der Waals surface area contributed by atoms with Gasteiger partial charge in [0.2, 0.25) is 0 Å². The molecule has 1 aromatic heterocycles. The van der Waals surface area contributed by atoms with Gasteiger partial charge in [0.25, 0.3) is 0 Å². The molecule has 0 atom stereocenters. The molecule has 3 heteroatoms. The second-order valence-corrected chi connectivity index (χ2v) is 14.8. The summed E-state index contributed by atoms with van der Waals surface area (Å²) in [5, 5.41) is 5.04. The van der Waals surface area contributed by atoms with Gasteiger partial charge in [-0.05, 0) is 88.1 Å². The highest BCUT2D eigenvalue weighted by Gasteiger charge is 2.25. The second-order valence-electron chi connectivity index (χ2n) is 13.7. The fraction of sp³-hybridized carbons (Fsp3) is 0. The lowest BCUT2D eigenvalue weighted by atomic mass is 10.00. The molecule has 1 heterocycles. The molecule has 0 bridgehead atoms. The Labute approximate surface area is 325 Å². The van der Waals surface area contributed by atoms with Gasteiger partial charge >= 0.3 is 0 Å². The van der Waals surface area contributed by atoms with Crippen molar-refractivity contribution in [1.82, 2.24) is 0 Å². The molecule has 0 aliphatic carbocycles. The van der Waals surface area contributed by atoms with Gasteiger partial charge in [0.15, 0.2) is 0 Å². The van der Waals surface area contributed by atoms with Crippen molar-refractivity contribution in [2.75, 3.05) is 9.80 Å². The lowest BCUT2D eigenvalue weighted by molar-refractivity contribution is 1.26. The maximum absolute atomic E-state index is 2.47. The molecule has 10 rings (SSSR count). The van der Waals surface area contributed by atoms with Gasteiger partial charge in [-0.25, -0.2) is 0 Å². The largest absolute Gasteiger partial charge is 0.310 e. The zero-order valence-corrected chi connectivity index (χ0v) is 30.9. The van der Waals surface area contributed by atoms with Crippen molar-refractivity contribution >= 4 is 76.4 Å². The predicted molar refractivity (Wildman–Crippen MR) is 237 cm³/mol. The van der Waals surface area contributed by atoms with E-state index >= 15 is 0 Å². The van der Waals surface area contributed by atoms with E-state index in [0.29, 0.717) is 0 Å². The fourth-order valence-electron chi connectivity index (χ4n) is 7.91. The number of nitrogens with zero attached hydrogens (tertiary/aromatic N) is 2. The smallest absolute Gasteiger partial charge is 0.0661 e. The van der Waals surface area contributed by atoms with Gasteiger partial charge in [0.1, 0.15) is 0 Å². The van der Waals surface area contributed by atoms with Crippen molar-refractivity contribution in [3.8, 4) is 22.3 Å². The first-order chi connectivity index (χ1) is 27.3. The Bertz CT molecular complexity index is 2920. The Hall–Kier alpha value is -6.94. The molecule has 0 radical (unpaired) electrons. The van der Waals surface area contributed by atoms with Crippen LogP contribution in [-0.4, -0.2) is 0 Å². The number of anilines is 6. The van der Waals surface area contributed by atoms with E-state index in [2.05, 4.69) is 228 Å². The van der Waals surface area contributed by atoms with Crippen molar-refractivity contribution in [3.05, 3.63) is 218 Å². The lowest BCUT2D eigenvalue weighted by Gasteiger charge is -2.31. The van der Waals surface area contributed by atoms with Crippen LogP contribution >= 0.6 is 11.3 Å². The highest BCUT2D eigenvalue weighted by molar-refractivity contribution is 7.26. The second kappa shape index (κ2) is 14.1. The van der Waals surface area contributed by atoms with E-state index in [4.69, 9.17) is 0 Å². The molecule has 0 amide bonds. The summed E-state index contributed by atoms with van der Waals surface area (Å²) in [6.07, 6.45) is 0. The monoisotopic (exact) mass is 720 g/mol. The number of benzene rings is 9. The van der Waals surface area contributed by atoms with Crippen molar-refractivity contribution in [2.45, 2.75) is 0 Å². The Morgan fingerprint density at radius 1 is 0.327 bits per heavy atom. The van der Waals surface area contributed by atoms with Crippen LogP contribution in [0.3, 0.4) is 0 Å². The molecule has 0 fully saturated rings. The number of fused-ring (bicyclic) bond motifs is 5. The Kier molecular flexibility index (Phi) is 8.40. The number of hydrogen-bond donors (Lipinski definition) is 0. The van der Waals surface area contributed by atoms with Crippen LogP contribution in [-0.2, 0) is 0 Å². The minimum Gasteiger partial charge on any atom is -0.310 e. The molecule has 0 aliphatic rings. The summed E-state index contributed by atoms with van der Waals surface area (Å²) in [5.74, 6) is 0. The summed E-state index contributed by atoms with van der Waals surface area (Å²) in [4.78, 5) is 4.88. The summed E-state index contributed by atoms with van der Waals surface area (Å²) in [6.45, 7) is 0. The van der Waals surface area contributed by atoms with E-state index in [9.17, 15) is 0 Å². The van der Waals surface area contributed by atoms with E-state index < -0.39 is 0 Å². The molecular weight excluding hydrogens is 685 g/mol. The molecule has 9 aromatic carbocycles. The molecule has 55 heavy (non-hydrogen) atoms. The summed E-state index contributed by atoms with van der Waals surface area (Å²) < 4.78 is 2.52. The fourth-order valence-corrected chi connectivity index (χ4v) is 9.11. The lowest BCUT2D eigenvalue weighted by Crippen LogP contribution is -2.14. The predicted octanol–water partition coefficient (Wildman–Crippen LogP) is 15.5. The molecule has 260 valence electrons. The van der Waals surface area contributed by atoms with Crippen molar-refractivity contribution in [2.24, 2.45) is 0 Å². The number of hydrogen-bond acceptors (Lipinski definition) is 3. The Morgan fingerprint density at radius 2 is 0.909 bits per heavy atom. The molecule has 0 saturated heterocycles. The molecule has 2 nitrogen and oxygen atoms in total. The van der Waals surface area contributed by atoms with Crippen LogP contribution in [0.15, 0.2) is 218 Å². The number of para-hydroxylation sites is 3. The Morgan fingerprint density at radius 3 is 1.65 bits per heavy atom. The average molecular weight is 721 g/mol. The van der Waals surface area contributed by atoms with Gasteiger partial charge < -0.3 is 9.80 Å². The quantitative estimate of drug-likeness (QED) is 0.154. The van der Waals surface area contributed by atoms with Gasteiger partial charge in [0, 0.05) is 43.8 Å². The normalized spacial score (nSPS) is 11.3. The highest BCUT2D eigenvalue weighted by Crippen LogP contribution is 2.51. The number of rotatable bonds is 8. The van der Waals surface area contributed by atoms with Gasteiger partial charge in [-0.2, -0.15) is 0 Å². The molecule has 0 saturated carbocycles. The molecular formula is C52H36N2S. The SMILES string of the molecule is c1ccc(-c2cccc(N(c3ccccc3)c3cc(N(c4ccccc4)c4ccccc4-c4ccccc4)c4sc5ccc6ccccc6c5c4c3)c2)cc1. The van der Waals surface area contributed by atoms with Crippen LogP contribution in [0.5, 0.6) is 0 Å². The first-order valence-electron chi connectivity index (χ1n) is 18.7. The molecule has 0 unspecified atom stereocenters. The molecule has 0 aliphatic heterocycles. The van der Waals surface area contributed by atoms with E-state index in [1.165, 1.54) is 53.2 Å². The van der Waals surface area contributed by atoms with E-state index in [1.54, 1.807) is 0 Å². The van der Waals surface area contributed by atoms with Gasteiger partial charge in [-0.3, -0.25) is 0 Å². The minimum atomic E-state index is 1.09. The highest BCUT2D eigenvalue weighted by atomic mass is 32.1. The third-order valence-electron chi connectivity index (χ3n) is 10.4. The summed E-state index contributed by atoms with van der Waals surface area (Å²) in [7, 11) is 0.